The van der Waals surface area contributed by atoms with Crippen molar-refractivity contribution >= 4 is 34.8 Å². The first-order valence-electron chi connectivity index (χ1n) is 10.6. The van der Waals surface area contributed by atoms with Gasteiger partial charge < -0.3 is 14.2 Å². The molecule has 3 N–H and O–H groups in total. The molecule has 3 aromatic carbocycles. The Bertz CT molecular complexity index is 1210. The van der Waals surface area contributed by atoms with E-state index in [1.807, 2.05) is 30.3 Å². The maximum atomic E-state index is 12.4. The molecule has 0 aromatic heterocycles. The number of ether oxygens (including phenoxy) is 3. The molecule has 3 rings (SSSR count). The first-order valence-corrected chi connectivity index (χ1v) is 11.0. The van der Waals surface area contributed by atoms with Gasteiger partial charge in [-0.15, -0.1) is 0 Å². The van der Waals surface area contributed by atoms with E-state index >= 15 is 0 Å². The van der Waals surface area contributed by atoms with Gasteiger partial charge in [0, 0.05) is 17.7 Å². The SMILES string of the molecule is O=C(COc1ccc([N+](=O)[O-])cc1)NNC(=S)NC(=O)c1cccc(OCCOc2ccccc2)c1. The second-order valence-corrected chi connectivity index (χ2v) is 7.44. The van der Waals surface area contributed by atoms with Gasteiger partial charge in [-0.25, -0.2) is 0 Å². The quantitative estimate of drug-likeness (QED) is 0.162. The van der Waals surface area contributed by atoms with Gasteiger partial charge in [0.2, 0.25) is 0 Å². The Morgan fingerprint density at radius 3 is 2.14 bits per heavy atom. The Morgan fingerprint density at radius 2 is 1.44 bits per heavy atom. The van der Waals surface area contributed by atoms with Crippen LogP contribution in [0.1, 0.15) is 10.4 Å². The van der Waals surface area contributed by atoms with Crippen LogP contribution in [0.25, 0.3) is 0 Å². The third-order valence-corrected chi connectivity index (χ3v) is 4.62. The molecule has 0 atom stereocenters. The van der Waals surface area contributed by atoms with E-state index in [2.05, 4.69) is 16.2 Å². The van der Waals surface area contributed by atoms with E-state index in [4.69, 9.17) is 26.4 Å². The van der Waals surface area contributed by atoms with Gasteiger partial charge in [0.25, 0.3) is 17.5 Å². The minimum atomic E-state index is -0.585. The molecule has 0 spiro atoms. The molecule has 0 saturated heterocycles. The fourth-order valence-corrected chi connectivity index (χ4v) is 2.89. The molecule has 0 bridgehead atoms. The summed E-state index contributed by atoms with van der Waals surface area (Å²) in [4.78, 5) is 34.5. The van der Waals surface area contributed by atoms with E-state index in [0.29, 0.717) is 17.9 Å². The van der Waals surface area contributed by atoms with Gasteiger partial charge in [0.15, 0.2) is 11.7 Å². The van der Waals surface area contributed by atoms with Crippen molar-refractivity contribution in [1.29, 1.82) is 0 Å². The first-order chi connectivity index (χ1) is 17.4. The van der Waals surface area contributed by atoms with Crippen LogP contribution >= 0.6 is 12.2 Å². The van der Waals surface area contributed by atoms with Crippen LogP contribution in [0, 0.1) is 10.1 Å². The van der Waals surface area contributed by atoms with E-state index < -0.39 is 16.7 Å². The topological polar surface area (TPSA) is 141 Å². The minimum Gasteiger partial charge on any atom is -0.490 e. The van der Waals surface area contributed by atoms with Gasteiger partial charge in [0.05, 0.1) is 4.92 Å². The van der Waals surface area contributed by atoms with Crippen molar-refractivity contribution < 1.29 is 28.7 Å². The summed E-state index contributed by atoms with van der Waals surface area (Å²) in [7, 11) is 0. The Kier molecular flexibility index (Phi) is 9.53. The third kappa shape index (κ3) is 8.57. The van der Waals surface area contributed by atoms with E-state index in [0.717, 1.165) is 5.75 Å². The van der Waals surface area contributed by atoms with Crippen LogP contribution in [0.2, 0.25) is 0 Å². The predicted octanol–water partition coefficient (Wildman–Crippen LogP) is 2.77. The molecule has 0 unspecified atom stereocenters. The molecule has 11 nitrogen and oxygen atoms in total. The average molecular weight is 511 g/mol. The van der Waals surface area contributed by atoms with Crippen LogP contribution in [0.5, 0.6) is 17.2 Å². The highest BCUT2D eigenvalue weighted by molar-refractivity contribution is 7.80. The van der Waals surface area contributed by atoms with Crippen LogP contribution in [-0.2, 0) is 4.79 Å². The Labute approximate surface area is 211 Å². The normalized spacial score (nSPS) is 10.0. The summed E-state index contributed by atoms with van der Waals surface area (Å²) < 4.78 is 16.4. The molecule has 2 amide bonds. The molecular weight excluding hydrogens is 488 g/mol. The Hall–Kier alpha value is -4.71. The molecular formula is C24H22N4O7S. The number of amides is 2. The molecule has 12 heteroatoms. The number of non-ortho nitro benzene ring substituents is 1. The van der Waals surface area contributed by atoms with Gasteiger partial charge in [-0.1, -0.05) is 24.3 Å². The summed E-state index contributed by atoms with van der Waals surface area (Å²) >= 11 is 5.02. The summed E-state index contributed by atoms with van der Waals surface area (Å²) in [5, 5.41) is 13.0. The number of hydrogen-bond acceptors (Lipinski definition) is 8. The van der Waals surface area contributed by atoms with Crippen molar-refractivity contribution in [1.82, 2.24) is 16.2 Å². The summed E-state index contributed by atoms with van der Waals surface area (Å²) in [6.45, 7) is 0.241. The molecule has 0 aliphatic rings. The number of hydrazine groups is 1. The molecule has 0 saturated carbocycles. The second-order valence-electron chi connectivity index (χ2n) is 7.03. The lowest BCUT2D eigenvalue weighted by Crippen LogP contribution is -2.49. The number of nitro benzene ring substituents is 1. The highest BCUT2D eigenvalue weighted by Crippen LogP contribution is 2.17. The van der Waals surface area contributed by atoms with Gasteiger partial charge in [-0.3, -0.25) is 35.9 Å². The van der Waals surface area contributed by atoms with Crippen molar-refractivity contribution in [2.24, 2.45) is 0 Å². The van der Waals surface area contributed by atoms with Crippen molar-refractivity contribution in [3.05, 3.63) is 94.5 Å². The molecule has 186 valence electrons. The fourth-order valence-electron chi connectivity index (χ4n) is 2.74. The van der Waals surface area contributed by atoms with Gasteiger partial charge in [0.1, 0.15) is 30.5 Å². The number of benzene rings is 3. The van der Waals surface area contributed by atoms with Crippen molar-refractivity contribution in [3.63, 3.8) is 0 Å². The maximum Gasteiger partial charge on any atom is 0.276 e. The smallest absolute Gasteiger partial charge is 0.276 e. The Balaban J connectivity index is 1.37. The number of nitrogens with zero attached hydrogens (tertiary/aromatic N) is 1. The largest absolute Gasteiger partial charge is 0.490 e. The zero-order valence-electron chi connectivity index (χ0n) is 18.8. The van der Waals surface area contributed by atoms with Gasteiger partial charge in [-0.2, -0.15) is 0 Å². The van der Waals surface area contributed by atoms with Crippen LogP contribution in [0.4, 0.5) is 5.69 Å². The number of nitrogens with one attached hydrogen (secondary N) is 3. The number of para-hydroxylation sites is 1. The molecule has 36 heavy (non-hydrogen) atoms. The van der Waals surface area contributed by atoms with Gasteiger partial charge in [-0.05, 0) is 54.7 Å². The highest BCUT2D eigenvalue weighted by Gasteiger charge is 2.11. The van der Waals surface area contributed by atoms with Crippen molar-refractivity contribution in [3.8, 4) is 17.2 Å². The highest BCUT2D eigenvalue weighted by atomic mass is 32.1. The van der Waals surface area contributed by atoms with E-state index in [-0.39, 0.29) is 29.8 Å². The lowest BCUT2D eigenvalue weighted by atomic mass is 10.2. The summed E-state index contributed by atoms with van der Waals surface area (Å²) in [6.07, 6.45) is 0. The number of nitro groups is 1. The Morgan fingerprint density at radius 1 is 0.806 bits per heavy atom. The molecule has 0 aliphatic carbocycles. The van der Waals surface area contributed by atoms with Crippen LogP contribution < -0.4 is 30.4 Å². The number of carbonyl (C=O) groups excluding carboxylic acids is 2. The molecule has 0 aliphatic heterocycles. The standard InChI is InChI=1S/C24H22N4O7S/c29-22(16-35-20-11-9-18(10-12-20)28(31)32)26-27-24(36)25-23(30)17-5-4-8-21(15-17)34-14-13-33-19-6-2-1-3-7-19/h1-12,15H,13-14,16H2,(H,26,29)(H2,25,27,30,36). The predicted molar refractivity (Wildman–Crippen MR) is 134 cm³/mol. The summed E-state index contributed by atoms with van der Waals surface area (Å²) in [5.74, 6) is 0.406. The molecule has 0 fully saturated rings. The third-order valence-electron chi connectivity index (χ3n) is 4.42. The van der Waals surface area contributed by atoms with Crippen molar-refractivity contribution in [2.75, 3.05) is 19.8 Å². The van der Waals surface area contributed by atoms with Gasteiger partial charge >= 0.3 is 0 Å². The zero-order valence-corrected chi connectivity index (χ0v) is 19.7. The average Bonchev–Trinajstić information content (AvgIpc) is 2.89. The maximum absolute atomic E-state index is 12.4. The lowest BCUT2D eigenvalue weighted by molar-refractivity contribution is -0.384. The zero-order chi connectivity index (χ0) is 25.8. The van der Waals surface area contributed by atoms with E-state index in [9.17, 15) is 19.7 Å². The van der Waals surface area contributed by atoms with Crippen molar-refractivity contribution in [2.45, 2.75) is 0 Å². The monoisotopic (exact) mass is 510 g/mol. The first kappa shape index (κ1) is 25.9. The summed E-state index contributed by atoms with van der Waals surface area (Å²) in [5.41, 5.74) is 4.89. The van der Waals surface area contributed by atoms with Crippen LogP contribution in [-0.4, -0.2) is 41.7 Å². The number of carbonyl (C=O) groups is 2. The molecule has 0 heterocycles. The second kappa shape index (κ2) is 13.2. The van der Waals surface area contributed by atoms with E-state index in [1.165, 1.54) is 24.3 Å². The minimum absolute atomic E-state index is 0.0938. The van der Waals surface area contributed by atoms with E-state index in [1.54, 1.807) is 24.3 Å². The van der Waals surface area contributed by atoms with Crippen LogP contribution in [0.3, 0.4) is 0 Å². The van der Waals surface area contributed by atoms with Crippen LogP contribution in [0.15, 0.2) is 78.9 Å². The number of rotatable bonds is 10. The number of thiocarbonyl (C=S) groups is 1. The fraction of sp³-hybridized carbons (Fsp3) is 0.125. The molecule has 0 radical (unpaired) electrons. The lowest BCUT2D eigenvalue weighted by Gasteiger charge is -2.12. The summed E-state index contributed by atoms with van der Waals surface area (Å²) in [6, 6.07) is 21.1. The molecule has 3 aromatic rings. The number of hydrogen-bond donors (Lipinski definition) is 3.